The van der Waals surface area contributed by atoms with E-state index in [-0.39, 0.29) is 17.5 Å². The number of pyridine rings is 1. The molecule has 1 atom stereocenters. The molecule has 0 spiro atoms. The van der Waals surface area contributed by atoms with Gasteiger partial charge in [-0.2, -0.15) is 0 Å². The largest absolute Gasteiger partial charge is 0.333 e. The van der Waals surface area contributed by atoms with E-state index in [2.05, 4.69) is 11.9 Å². The smallest absolute Gasteiger partial charge is 0.270 e. The standard InChI is InChI=1S/C20H21N3O2S/c1-3-17-21-14-9-6-10-16(18(14)26-17)23(2)20(25)15-11-12-7-4-5-8-13(12)19(24)22-15/h4-5,7-8,11,16H,3,6,9-10H2,1-2H3,(H,22,24). The van der Waals surface area contributed by atoms with Crippen molar-refractivity contribution >= 4 is 28.0 Å². The van der Waals surface area contributed by atoms with Gasteiger partial charge < -0.3 is 9.88 Å². The Kier molecular flexibility index (Phi) is 4.36. The molecular weight excluding hydrogens is 346 g/mol. The third-order valence-electron chi connectivity index (χ3n) is 5.04. The number of aromatic amines is 1. The van der Waals surface area contributed by atoms with Crippen LogP contribution >= 0.6 is 11.3 Å². The Morgan fingerprint density at radius 2 is 2.19 bits per heavy atom. The van der Waals surface area contributed by atoms with Crippen molar-refractivity contribution in [3.05, 3.63) is 62.0 Å². The van der Waals surface area contributed by atoms with Crippen molar-refractivity contribution < 1.29 is 4.79 Å². The number of aromatic nitrogens is 2. The lowest BCUT2D eigenvalue weighted by Crippen LogP contribution is -2.34. The van der Waals surface area contributed by atoms with Gasteiger partial charge in [0, 0.05) is 12.4 Å². The second-order valence-corrected chi connectivity index (χ2v) is 7.81. The molecule has 2 heterocycles. The average Bonchev–Trinajstić information content (AvgIpc) is 3.10. The SMILES string of the molecule is CCc1nc2c(s1)C(N(C)C(=O)c1cc3ccccc3c(=O)[nH]1)CCC2. The zero-order valence-electron chi connectivity index (χ0n) is 14.9. The minimum Gasteiger partial charge on any atom is -0.333 e. The predicted molar refractivity (Wildman–Crippen MR) is 104 cm³/mol. The molecule has 0 saturated carbocycles. The van der Waals surface area contributed by atoms with Gasteiger partial charge in [-0.05, 0) is 43.2 Å². The molecule has 6 heteroatoms. The Balaban J connectivity index is 1.69. The van der Waals surface area contributed by atoms with Crippen molar-refractivity contribution in [2.45, 2.75) is 38.6 Å². The molecule has 0 fully saturated rings. The summed E-state index contributed by atoms with van der Waals surface area (Å²) in [4.78, 5) is 35.8. The van der Waals surface area contributed by atoms with Gasteiger partial charge >= 0.3 is 0 Å². The Morgan fingerprint density at radius 1 is 1.38 bits per heavy atom. The highest BCUT2D eigenvalue weighted by Gasteiger charge is 2.30. The molecule has 1 aliphatic rings. The first kappa shape index (κ1) is 17.0. The predicted octanol–water partition coefficient (Wildman–Crippen LogP) is 3.70. The highest BCUT2D eigenvalue weighted by molar-refractivity contribution is 7.11. The van der Waals surface area contributed by atoms with Gasteiger partial charge in [0.15, 0.2) is 0 Å². The molecule has 0 saturated heterocycles. The Morgan fingerprint density at radius 3 is 3.00 bits per heavy atom. The molecule has 1 amide bonds. The van der Waals surface area contributed by atoms with Crippen LogP contribution in [0.1, 0.15) is 51.9 Å². The highest BCUT2D eigenvalue weighted by atomic mass is 32.1. The van der Waals surface area contributed by atoms with Crippen molar-refractivity contribution in [1.82, 2.24) is 14.9 Å². The van der Waals surface area contributed by atoms with E-state index in [0.29, 0.717) is 11.1 Å². The maximum absolute atomic E-state index is 13.1. The van der Waals surface area contributed by atoms with E-state index in [1.165, 1.54) is 4.88 Å². The Hall–Kier alpha value is -2.47. The lowest BCUT2D eigenvalue weighted by atomic mass is 9.96. The van der Waals surface area contributed by atoms with Gasteiger partial charge in [-0.25, -0.2) is 4.98 Å². The van der Waals surface area contributed by atoms with Crippen LogP contribution in [0.3, 0.4) is 0 Å². The van der Waals surface area contributed by atoms with E-state index >= 15 is 0 Å². The summed E-state index contributed by atoms with van der Waals surface area (Å²) in [6, 6.07) is 9.11. The van der Waals surface area contributed by atoms with Gasteiger partial charge in [-0.15, -0.1) is 11.3 Å². The van der Waals surface area contributed by atoms with E-state index in [1.54, 1.807) is 28.4 Å². The number of fused-ring (bicyclic) bond motifs is 2. The number of carbonyl (C=O) groups excluding carboxylic acids is 1. The van der Waals surface area contributed by atoms with Crippen LogP contribution in [-0.2, 0) is 12.8 Å². The van der Waals surface area contributed by atoms with E-state index in [4.69, 9.17) is 4.98 Å². The summed E-state index contributed by atoms with van der Waals surface area (Å²) in [6.45, 7) is 2.11. The number of hydrogen-bond donors (Lipinski definition) is 1. The maximum Gasteiger partial charge on any atom is 0.270 e. The molecule has 3 aromatic rings. The van der Waals surface area contributed by atoms with Crippen molar-refractivity contribution in [3.8, 4) is 0 Å². The molecule has 0 radical (unpaired) electrons. The first-order chi connectivity index (χ1) is 12.6. The molecular formula is C20H21N3O2S. The molecule has 1 unspecified atom stereocenters. The lowest BCUT2D eigenvalue weighted by Gasteiger charge is -2.30. The van der Waals surface area contributed by atoms with Crippen LogP contribution in [0.4, 0.5) is 0 Å². The number of carbonyl (C=O) groups is 1. The molecule has 1 aliphatic carbocycles. The zero-order chi connectivity index (χ0) is 18.3. The number of nitrogens with zero attached hydrogens (tertiary/aromatic N) is 2. The summed E-state index contributed by atoms with van der Waals surface area (Å²) in [5.41, 5.74) is 1.24. The van der Waals surface area contributed by atoms with Crippen LogP contribution in [0.15, 0.2) is 35.1 Å². The van der Waals surface area contributed by atoms with Crippen molar-refractivity contribution in [3.63, 3.8) is 0 Å². The zero-order valence-corrected chi connectivity index (χ0v) is 15.7. The fourth-order valence-electron chi connectivity index (χ4n) is 3.63. The van der Waals surface area contributed by atoms with E-state index in [9.17, 15) is 9.59 Å². The van der Waals surface area contributed by atoms with Crippen molar-refractivity contribution in [2.24, 2.45) is 0 Å². The van der Waals surface area contributed by atoms with Crippen molar-refractivity contribution in [1.29, 1.82) is 0 Å². The number of rotatable bonds is 3. The molecule has 0 bridgehead atoms. The normalized spacial score (nSPS) is 16.5. The molecule has 26 heavy (non-hydrogen) atoms. The maximum atomic E-state index is 13.1. The van der Waals surface area contributed by atoms with Gasteiger partial charge in [0.1, 0.15) is 5.69 Å². The minimum absolute atomic E-state index is 0.0269. The summed E-state index contributed by atoms with van der Waals surface area (Å²) < 4.78 is 0. The second kappa shape index (κ2) is 6.68. The van der Waals surface area contributed by atoms with Crippen LogP contribution in [0.2, 0.25) is 0 Å². The Labute approximate surface area is 155 Å². The topological polar surface area (TPSA) is 66.1 Å². The fraction of sp³-hybridized carbons (Fsp3) is 0.350. The van der Waals surface area contributed by atoms with Gasteiger partial charge in [0.05, 0.1) is 21.6 Å². The first-order valence-corrected chi connectivity index (χ1v) is 9.78. The number of benzene rings is 1. The van der Waals surface area contributed by atoms with Crippen LogP contribution in [0, 0.1) is 0 Å². The third-order valence-corrected chi connectivity index (χ3v) is 6.38. The quantitative estimate of drug-likeness (QED) is 0.768. The number of nitrogens with one attached hydrogen (secondary N) is 1. The number of hydrogen-bond acceptors (Lipinski definition) is 4. The number of H-pyrrole nitrogens is 1. The third kappa shape index (κ3) is 2.84. The number of aryl methyl sites for hydroxylation is 2. The molecule has 134 valence electrons. The number of amides is 1. The van der Waals surface area contributed by atoms with Gasteiger partial charge in [-0.3, -0.25) is 9.59 Å². The summed E-state index contributed by atoms with van der Waals surface area (Å²) >= 11 is 1.71. The monoisotopic (exact) mass is 367 g/mol. The summed E-state index contributed by atoms with van der Waals surface area (Å²) in [5, 5.41) is 2.51. The van der Waals surface area contributed by atoms with Crippen LogP contribution in [0.5, 0.6) is 0 Å². The number of thiazole rings is 1. The van der Waals surface area contributed by atoms with E-state index in [1.807, 2.05) is 25.2 Å². The van der Waals surface area contributed by atoms with E-state index < -0.39 is 0 Å². The first-order valence-electron chi connectivity index (χ1n) is 8.96. The molecule has 2 aromatic heterocycles. The molecule has 5 nitrogen and oxygen atoms in total. The van der Waals surface area contributed by atoms with Crippen LogP contribution in [0.25, 0.3) is 10.8 Å². The summed E-state index contributed by atoms with van der Waals surface area (Å²) in [7, 11) is 1.82. The highest BCUT2D eigenvalue weighted by Crippen LogP contribution is 2.38. The average molecular weight is 367 g/mol. The van der Waals surface area contributed by atoms with Crippen molar-refractivity contribution in [2.75, 3.05) is 7.05 Å². The Bertz CT molecular complexity index is 1040. The summed E-state index contributed by atoms with van der Waals surface area (Å²) in [5.74, 6) is -0.155. The second-order valence-electron chi connectivity index (χ2n) is 6.70. The van der Waals surface area contributed by atoms with Gasteiger partial charge in [0.25, 0.3) is 11.5 Å². The molecule has 1 N–H and O–H groups in total. The van der Waals surface area contributed by atoms with Gasteiger partial charge in [-0.1, -0.05) is 25.1 Å². The van der Waals surface area contributed by atoms with Crippen LogP contribution < -0.4 is 5.56 Å². The van der Waals surface area contributed by atoms with Crippen LogP contribution in [-0.4, -0.2) is 27.8 Å². The fourth-order valence-corrected chi connectivity index (χ4v) is 4.86. The lowest BCUT2D eigenvalue weighted by molar-refractivity contribution is 0.0712. The molecule has 4 rings (SSSR count). The summed E-state index contributed by atoms with van der Waals surface area (Å²) in [6.07, 6.45) is 3.85. The van der Waals surface area contributed by atoms with E-state index in [0.717, 1.165) is 41.8 Å². The molecule has 1 aromatic carbocycles. The van der Waals surface area contributed by atoms with Gasteiger partial charge in [0.2, 0.25) is 0 Å². The molecule has 0 aliphatic heterocycles. The minimum atomic E-state index is -0.227.